The molecule has 1 fully saturated rings. The lowest BCUT2D eigenvalue weighted by molar-refractivity contribution is 0.314. The van der Waals surface area contributed by atoms with E-state index in [-0.39, 0.29) is 6.04 Å². The van der Waals surface area contributed by atoms with E-state index in [9.17, 15) is 8.42 Å². The van der Waals surface area contributed by atoms with Crippen LogP contribution in [-0.4, -0.2) is 38.4 Å². The van der Waals surface area contributed by atoms with Crippen LogP contribution < -0.4 is 10.5 Å². The van der Waals surface area contributed by atoms with E-state index >= 15 is 0 Å². The Labute approximate surface area is 111 Å². The van der Waals surface area contributed by atoms with Crippen LogP contribution in [0.5, 0.6) is 0 Å². The molecule has 1 aliphatic rings. The van der Waals surface area contributed by atoms with Crippen LogP contribution in [0.1, 0.15) is 46.0 Å². The van der Waals surface area contributed by atoms with Gasteiger partial charge in [0.2, 0.25) is 0 Å². The van der Waals surface area contributed by atoms with E-state index in [4.69, 9.17) is 5.73 Å². The minimum atomic E-state index is -3.35. The molecule has 5 nitrogen and oxygen atoms in total. The summed E-state index contributed by atoms with van der Waals surface area (Å²) in [7, 11) is -3.35. The van der Waals surface area contributed by atoms with E-state index in [0.29, 0.717) is 25.6 Å². The second kappa shape index (κ2) is 7.43. The molecule has 0 bridgehead atoms. The van der Waals surface area contributed by atoms with Gasteiger partial charge in [0.25, 0.3) is 10.2 Å². The van der Waals surface area contributed by atoms with E-state index in [1.807, 2.05) is 13.8 Å². The molecule has 0 spiro atoms. The van der Waals surface area contributed by atoms with Gasteiger partial charge in [-0.25, -0.2) is 4.72 Å². The van der Waals surface area contributed by atoms with E-state index in [1.54, 1.807) is 4.31 Å². The van der Waals surface area contributed by atoms with Gasteiger partial charge >= 0.3 is 0 Å². The largest absolute Gasteiger partial charge is 0.330 e. The highest BCUT2D eigenvalue weighted by Crippen LogP contribution is 2.25. The summed E-state index contributed by atoms with van der Waals surface area (Å²) in [6.45, 7) is 5.57. The molecule has 18 heavy (non-hydrogen) atoms. The zero-order valence-electron chi connectivity index (χ0n) is 11.6. The number of nitrogens with two attached hydrogens (primary N) is 1. The van der Waals surface area contributed by atoms with Crippen molar-refractivity contribution < 1.29 is 8.42 Å². The predicted octanol–water partition coefficient (Wildman–Crippen LogP) is 1.07. The molecular weight excluding hydrogens is 250 g/mol. The Morgan fingerprint density at radius 2 is 1.94 bits per heavy atom. The summed E-state index contributed by atoms with van der Waals surface area (Å²) in [5.41, 5.74) is 5.50. The topological polar surface area (TPSA) is 75.4 Å². The third kappa shape index (κ3) is 4.84. The van der Waals surface area contributed by atoms with Crippen LogP contribution in [0.15, 0.2) is 0 Å². The van der Waals surface area contributed by atoms with Crippen LogP contribution in [0.25, 0.3) is 0 Å². The van der Waals surface area contributed by atoms with Gasteiger partial charge in [0.05, 0.1) is 0 Å². The van der Waals surface area contributed by atoms with Crippen molar-refractivity contribution in [3.05, 3.63) is 0 Å². The van der Waals surface area contributed by atoms with Crippen molar-refractivity contribution in [2.75, 3.05) is 19.6 Å². The number of rotatable bonds is 8. The first-order chi connectivity index (χ1) is 8.47. The Morgan fingerprint density at radius 3 is 2.44 bits per heavy atom. The molecule has 0 atom stereocenters. The van der Waals surface area contributed by atoms with Gasteiger partial charge < -0.3 is 5.73 Å². The van der Waals surface area contributed by atoms with Gasteiger partial charge in [0, 0.05) is 19.1 Å². The minimum Gasteiger partial charge on any atom is -0.330 e. The fourth-order valence-corrected chi connectivity index (χ4v) is 3.98. The highest BCUT2D eigenvalue weighted by atomic mass is 32.2. The van der Waals surface area contributed by atoms with Crippen LogP contribution in [0, 0.1) is 5.92 Å². The first-order valence-corrected chi connectivity index (χ1v) is 8.38. The molecule has 0 aromatic carbocycles. The Hall–Kier alpha value is -0.170. The summed E-state index contributed by atoms with van der Waals surface area (Å²) in [5.74, 6) is 0.319. The summed E-state index contributed by atoms with van der Waals surface area (Å²) in [5, 5.41) is 0. The van der Waals surface area contributed by atoms with E-state index in [2.05, 4.69) is 4.72 Å². The number of nitrogens with zero attached hydrogens (tertiary/aromatic N) is 1. The Balaban J connectivity index is 2.67. The molecule has 0 saturated heterocycles. The van der Waals surface area contributed by atoms with Gasteiger partial charge in [-0.15, -0.1) is 0 Å². The van der Waals surface area contributed by atoms with Crippen molar-refractivity contribution in [1.82, 2.24) is 9.03 Å². The highest BCUT2D eigenvalue weighted by Gasteiger charge is 2.31. The van der Waals surface area contributed by atoms with Crippen LogP contribution in [0.2, 0.25) is 0 Å². The average molecular weight is 277 g/mol. The summed E-state index contributed by atoms with van der Waals surface area (Å²) in [6.07, 6.45) is 4.94. The van der Waals surface area contributed by atoms with Crippen molar-refractivity contribution in [2.24, 2.45) is 11.7 Å². The molecular formula is C12H27N3O2S. The molecule has 0 aliphatic heterocycles. The normalized spacial score (nSPS) is 18.1. The van der Waals surface area contributed by atoms with Crippen molar-refractivity contribution in [2.45, 2.75) is 52.0 Å². The summed E-state index contributed by atoms with van der Waals surface area (Å²) in [6, 6.07) is 0.168. The maximum absolute atomic E-state index is 12.3. The predicted molar refractivity (Wildman–Crippen MR) is 74.4 cm³/mol. The van der Waals surface area contributed by atoms with E-state index < -0.39 is 10.2 Å². The summed E-state index contributed by atoms with van der Waals surface area (Å²) in [4.78, 5) is 0. The van der Waals surface area contributed by atoms with Gasteiger partial charge in [-0.1, -0.05) is 26.7 Å². The quantitative estimate of drug-likeness (QED) is 0.697. The molecule has 0 radical (unpaired) electrons. The van der Waals surface area contributed by atoms with Gasteiger partial charge in [-0.05, 0) is 31.7 Å². The fourth-order valence-electron chi connectivity index (χ4n) is 2.29. The van der Waals surface area contributed by atoms with Crippen molar-refractivity contribution in [1.29, 1.82) is 0 Å². The van der Waals surface area contributed by atoms with E-state index in [1.165, 1.54) is 0 Å². The fraction of sp³-hybridized carbons (Fsp3) is 1.00. The van der Waals surface area contributed by atoms with Crippen LogP contribution >= 0.6 is 0 Å². The number of hydrogen-bond donors (Lipinski definition) is 2. The van der Waals surface area contributed by atoms with Gasteiger partial charge in [0.1, 0.15) is 0 Å². The lowest BCUT2D eigenvalue weighted by Crippen LogP contribution is -2.47. The molecule has 0 amide bonds. The second-order valence-corrected chi connectivity index (χ2v) is 7.15. The highest BCUT2D eigenvalue weighted by molar-refractivity contribution is 7.87. The molecule has 0 aromatic heterocycles. The maximum atomic E-state index is 12.3. The molecule has 0 aromatic rings. The number of nitrogens with one attached hydrogen (secondary N) is 1. The first-order valence-electron chi connectivity index (χ1n) is 6.94. The Bertz CT molecular complexity index is 324. The van der Waals surface area contributed by atoms with E-state index in [0.717, 1.165) is 32.1 Å². The van der Waals surface area contributed by atoms with Gasteiger partial charge in [-0.2, -0.15) is 12.7 Å². The average Bonchev–Trinajstić information content (AvgIpc) is 2.80. The summed E-state index contributed by atoms with van der Waals surface area (Å²) >= 11 is 0. The van der Waals surface area contributed by atoms with Crippen LogP contribution in [0.4, 0.5) is 0 Å². The van der Waals surface area contributed by atoms with Crippen molar-refractivity contribution >= 4 is 10.2 Å². The number of hydrogen-bond acceptors (Lipinski definition) is 3. The zero-order chi connectivity index (χ0) is 13.6. The second-order valence-electron chi connectivity index (χ2n) is 5.44. The minimum absolute atomic E-state index is 0.168. The zero-order valence-corrected chi connectivity index (χ0v) is 12.4. The third-order valence-corrected chi connectivity index (χ3v) is 4.93. The van der Waals surface area contributed by atoms with Crippen molar-refractivity contribution in [3.8, 4) is 0 Å². The van der Waals surface area contributed by atoms with Gasteiger partial charge in [0.15, 0.2) is 0 Å². The first kappa shape index (κ1) is 15.9. The lowest BCUT2D eigenvalue weighted by Gasteiger charge is -2.28. The standard InChI is InChI=1S/C12H27N3O2S/c1-11(2)10-14-18(16,17)15(9-5-8-13)12-6-3-4-7-12/h11-12,14H,3-10,13H2,1-2H3. The molecule has 1 aliphatic carbocycles. The smallest absolute Gasteiger partial charge is 0.279 e. The molecule has 6 heteroatoms. The van der Waals surface area contributed by atoms with Gasteiger partial charge in [-0.3, -0.25) is 0 Å². The monoisotopic (exact) mass is 277 g/mol. The third-order valence-electron chi connectivity index (χ3n) is 3.30. The lowest BCUT2D eigenvalue weighted by atomic mass is 10.2. The maximum Gasteiger partial charge on any atom is 0.279 e. The molecule has 0 unspecified atom stereocenters. The molecule has 1 rings (SSSR count). The van der Waals surface area contributed by atoms with Crippen LogP contribution in [-0.2, 0) is 10.2 Å². The Kier molecular flexibility index (Phi) is 6.55. The summed E-state index contributed by atoms with van der Waals surface area (Å²) < 4.78 is 28.9. The SMILES string of the molecule is CC(C)CNS(=O)(=O)N(CCCN)C1CCCC1. The van der Waals surface area contributed by atoms with Crippen LogP contribution in [0.3, 0.4) is 0 Å². The molecule has 1 saturated carbocycles. The molecule has 3 N–H and O–H groups in total. The molecule has 108 valence electrons. The van der Waals surface area contributed by atoms with Crippen molar-refractivity contribution in [3.63, 3.8) is 0 Å². The Morgan fingerprint density at radius 1 is 1.33 bits per heavy atom. The molecule has 0 heterocycles.